The van der Waals surface area contributed by atoms with Crippen molar-refractivity contribution in [3.63, 3.8) is 0 Å². The molecule has 2 aromatic rings. The number of hydrogen-bond acceptors (Lipinski definition) is 3. The molecule has 1 amide bonds. The number of hydrogen-bond donors (Lipinski definition) is 1. The molecule has 2 rings (SSSR count). The molecule has 0 aromatic heterocycles. The standard InChI is InChI=1S/C18H20BrFN2O2/c1-22(15-6-3-2-4-7-15)11-5-10-21-18(23)13-24-17-9-8-14(19)12-16(17)20/h2-4,6-9,12H,5,10-11,13H2,1H3,(H,21,23). The monoisotopic (exact) mass is 394 g/mol. The first-order valence-electron chi connectivity index (χ1n) is 7.67. The zero-order valence-electron chi connectivity index (χ0n) is 13.5. The third-order valence-electron chi connectivity index (χ3n) is 3.44. The summed E-state index contributed by atoms with van der Waals surface area (Å²) in [7, 11) is 2.01. The zero-order valence-corrected chi connectivity index (χ0v) is 15.1. The van der Waals surface area contributed by atoms with Crippen molar-refractivity contribution in [2.75, 3.05) is 31.6 Å². The van der Waals surface area contributed by atoms with Gasteiger partial charge >= 0.3 is 0 Å². The van der Waals surface area contributed by atoms with E-state index in [2.05, 4.69) is 26.1 Å². The van der Waals surface area contributed by atoms with E-state index in [1.54, 1.807) is 6.07 Å². The van der Waals surface area contributed by atoms with Crippen LogP contribution in [0, 0.1) is 5.82 Å². The van der Waals surface area contributed by atoms with Crippen LogP contribution >= 0.6 is 15.9 Å². The highest BCUT2D eigenvalue weighted by Crippen LogP contribution is 2.21. The van der Waals surface area contributed by atoms with E-state index in [0.717, 1.165) is 18.7 Å². The van der Waals surface area contributed by atoms with Gasteiger partial charge in [-0.25, -0.2) is 4.39 Å². The molecule has 0 atom stereocenters. The van der Waals surface area contributed by atoms with Crippen LogP contribution in [0.2, 0.25) is 0 Å². The fraction of sp³-hybridized carbons (Fsp3) is 0.278. The molecule has 0 aliphatic heterocycles. The third-order valence-corrected chi connectivity index (χ3v) is 3.94. The van der Waals surface area contributed by atoms with Gasteiger partial charge in [-0.15, -0.1) is 0 Å². The number of nitrogens with zero attached hydrogens (tertiary/aromatic N) is 1. The predicted octanol–water partition coefficient (Wildman–Crippen LogP) is 3.61. The SMILES string of the molecule is CN(CCCNC(=O)COc1ccc(Br)cc1F)c1ccccc1. The van der Waals surface area contributed by atoms with Gasteiger partial charge in [0, 0.05) is 30.3 Å². The van der Waals surface area contributed by atoms with Crippen molar-refractivity contribution in [3.8, 4) is 5.75 Å². The Morgan fingerprint density at radius 2 is 2.00 bits per heavy atom. The number of amides is 1. The fourth-order valence-electron chi connectivity index (χ4n) is 2.14. The molecule has 0 saturated heterocycles. The van der Waals surface area contributed by atoms with Gasteiger partial charge in [0.05, 0.1) is 0 Å². The van der Waals surface area contributed by atoms with Crippen LogP contribution in [0.25, 0.3) is 0 Å². The molecule has 0 saturated carbocycles. The highest BCUT2D eigenvalue weighted by molar-refractivity contribution is 9.10. The summed E-state index contributed by atoms with van der Waals surface area (Å²) in [5.74, 6) is -0.696. The Labute approximate surface area is 149 Å². The number of ether oxygens (including phenoxy) is 1. The number of carbonyl (C=O) groups excluding carboxylic acids is 1. The summed E-state index contributed by atoms with van der Waals surface area (Å²) >= 11 is 3.17. The number of para-hydroxylation sites is 1. The molecule has 4 nitrogen and oxygen atoms in total. The van der Waals surface area contributed by atoms with Crippen molar-refractivity contribution in [1.29, 1.82) is 0 Å². The van der Waals surface area contributed by atoms with E-state index in [0.29, 0.717) is 11.0 Å². The predicted molar refractivity (Wildman–Crippen MR) is 96.9 cm³/mol. The van der Waals surface area contributed by atoms with Crippen LogP contribution in [0.15, 0.2) is 53.0 Å². The molecule has 0 radical (unpaired) electrons. The van der Waals surface area contributed by atoms with Crippen LogP contribution in [0.4, 0.5) is 10.1 Å². The van der Waals surface area contributed by atoms with Crippen LogP contribution < -0.4 is 15.0 Å². The first kappa shape index (κ1) is 18.3. The van der Waals surface area contributed by atoms with Gasteiger partial charge in [-0.1, -0.05) is 34.1 Å². The number of nitrogens with one attached hydrogen (secondary N) is 1. The van der Waals surface area contributed by atoms with Crippen molar-refractivity contribution < 1.29 is 13.9 Å². The van der Waals surface area contributed by atoms with E-state index in [9.17, 15) is 9.18 Å². The van der Waals surface area contributed by atoms with Crippen molar-refractivity contribution in [1.82, 2.24) is 5.32 Å². The number of anilines is 1. The Bertz CT molecular complexity index is 667. The molecule has 0 spiro atoms. The van der Waals surface area contributed by atoms with E-state index in [1.807, 2.05) is 37.4 Å². The molecule has 0 unspecified atom stereocenters. The van der Waals surface area contributed by atoms with E-state index in [1.165, 1.54) is 12.1 Å². The van der Waals surface area contributed by atoms with E-state index in [-0.39, 0.29) is 18.3 Å². The molecular formula is C18H20BrFN2O2. The average Bonchev–Trinajstić information content (AvgIpc) is 2.58. The van der Waals surface area contributed by atoms with E-state index in [4.69, 9.17) is 4.74 Å². The van der Waals surface area contributed by atoms with Gasteiger partial charge in [0.15, 0.2) is 18.2 Å². The maximum Gasteiger partial charge on any atom is 0.257 e. The Morgan fingerprint density at radius 1 is 1.25 bits per heavy atom. The van der Waals surface area contributed by atoms with Crippen molar-refractivity contribution in [2.24, 2.45) is 0 Å². The quantitative estimate of drug-likeness (QED) is 0.695. The summed E-state index contributed by atoms with van der Waals surface area (Å²) in [6, 6.07) is 14.5. The van der Waals surface area contributed by atoms with Gasteiger partial charge in [-0.05, 0) is 36.8 Å². The molecule has 0 fully saturated rings. The van der Waals surface area contributed by atoms with E-state index < -0.39 is 5.82 Å². The summed E-state index contributed by atoms with van der Waals surface area (Å²) < 4.78 is 19.4. The lowest BCUT2D eigenvalue weighted by molar-refractivity contribution is -0.123. The minimum absolute atomic E-state index is 0.0668. The second-order valence-electron chi connectivity index (χ2n) is 5.32. The lowest BCUT2D eigenvalue weighted by Gasteiger charge is -2.19. The van der Waals surface area contributed by atoms with Crippen LogP contribution in [0.5, 0.6) is 5.75 Å². The molecule has 1 N–H and O–H groups in total. The molecule has 6 heteroatoms. The van der Waals surface area contributed by atoms with Crippen LogP contribution in [-0.2, 0) is 4.79 Å². The minimum Gasteiger partial charge on any atom is -0.481 e. The van der Waals surface area contributed by atoms with Gasteiger partial charge < -0.3 is 15.0 Å². The highest BCUT2D eigenvalue weighted by Gasteiger charge is 2.07. The average molecular weight is 395 g/mol. The van der Waals surface area contributed by atoms with Crippen molar-refractivity contribution in [3.05, 3.63) is 58.8 Å². The molecule has 0 aliphatic carbocycles. The molecule has 0 heterocycles. The topological polar surface area (TPSA) is 41.6 Å². The normalized spacial score (nSPS) is 10.3. The smallest absolute Gasteiger partial charge is 0.257 e. The Hall–Kier alpha value is -2.08. The lowest BCUT2D eigenvalue weighted by Crippen LogP contribution is -2.31. The highest BCUT2D eigenvalue weighted by atomic mass is 79.9. The Balaban J connectivity index is 1.65. The van der Waals surface area contributed by atoms with Crippen LogP contribution in [0.3, 0.4) is 0 Å². The summed E-state index contributed by atoms with van der Waals surface area (Å²) in [5.41, 5.74) is 1.14. The first-order chi connectivity index (χ1) is 11.6. The van der Waals surface area contributed by atoms with Crippen LogP contribution in [-0.4, -0.2) is 32.7 Å². The summed E-state index contributed by atoms with van der Waals surface area (Å²) in [6.45, 7) is 1.17. The second-order valence-corrected chi connectivity index (χ2v) is 6.24. The van der Waals surface area contributed by atoms with Gasteiger partial charge in [0.1, 0.15) is 0 Å². The van der Waals surface area contributed by atoms with Crippen molar-refractivity contribution in [2.45, 2.75) is 6.42 Å². The molecular weight excluding hydrogens is 375 g/mol. The van der Waals surface area contributed by atoms with Crippen molar-refractivity contribution >= 4 is 27.5 Å². The molecule has 24 heavy (non-hydrogen) atoms. The first-order valence-corrected chi connectivity index (χ1v) is 8.46. The zero-order chi connectivity index (χ0) is 17.4. The minimum atomic E-state index is -0.498. The summed E-state index contributed by atoms with van der Waals surface area (Å²) in [4.78, 5) is 13.9. The van der Waals surface area contributed by atoms with E-state index >= 15 is 0 Å². The lowest BCUT2D eigenvalue weighted by atomic mass is 10.3. The second kappa shape index (κ2) is 9.27. The summed E-state index contributed by atoms with van der Waals surface area (Å²) in [6.07, 6.45) is 0.809. The number of carbonyl (C=O) groups is 1. The van der Waals surface area contributed by atoms with Gasteiger partial charge in [-0.3, -0.25) is 4.79 Å². The number of rotatable bonds is 8. The summed E-state index contributed by atoms with van der Waals surface area (Å²) in [5, 5.41) is 2.77. The fourth-order valence-corrected chi connectivity index (χ4v) is 2.48. The third kappa shape index (κ3) is 5.85. The van der Waals surface area contributed by atoms with Gasteiger partial charge in [-0.2, -0.15) is 0 Å². The number of halogens is 2. The maximum atomic E-state index is 13.6. The largest absolute Gasteiger partial charge is 0.481 e. The number of benzene rings is 2. The van der Waals surface area contributed by atoms with Crippen LogP contribution in [0.1, 0.15) is 6.42 Å². The molecule has 2 aromatic carbocycles. The maximum absolute atomic E-state index is 13.6. The molecule has 0 bridgehead atoms. The Kier molecular flexibility index (Phi) is 7.06. The Morgan fingerprint density at radius 3 is 2.71 bits per heavy atom. The molecule has 0 aliphatic rings. The van der Waals surface area contributed by atoms with Gasteiger partial charge in [0.2, 0.25) is 0 Å². The van der Waals surface area contributed by atoms with Gasteiger partial charge in [0.25, 0.3) is 5.91 Å². The molecule has 128 valence electrons.